The second kappa shape index (κ2) is 7.91. The quantitative estimate of drug-likeness (QED) is 0.777. The van der Waals surface area contributed by atoms with Gasteiger partial charge in [0, 0.05) is 18.2 Å². The average molecular weight is 373 g/mol. The highest BCUT2D eigenvalue weighted by Crippen LogP contribution is 2.24. The predicted octanol–water partition coefficient (Wildman–Crippen LogP) is 3.52. The number of para-hydroxylation sites is 1. The molecule has 0 aromatic heterocycles. The van der Waals surface area contributed by atoms with Crippen LogP contribution in [0.5, 0.6) is 11.5 Å². The SMILES string of the molecule is CCCN(C(=O)c1cccc(Oc2ccccc2)c1)C1CCS(=O)(=O)C1. The van der Waals surface area contributed by atoms with Gasteiger partial charge in [0.25, 0.3) is 5.91 Å². The maximum atomic E-state index is 13.0. The molecule has 1 aliphatic rings. The lowest BCUT2D eigenvalue weighted by molar-refractivity contribution is 0.0696. The van der Waals surface area contributed by atoms with Gasteiger partial charge in [-0.15, -0.1) is 0 Å². The van der Waals surface area contributed by atoms with E-state index in [0.29, 0.717) is 30.0 Å². The van der Waals surface area contributed by atoms with Crippen LogP contribution in [0.25, 0.3) is 0 Å². The van der Waals surface area contributed by atoms with Crippen molar-refractivity contribution < 1.29 is 17.9 Å². The maximum absolute atomic E-state index is 13.0. The number of carbonyl (C=O) groups is 1. The van der Waals surface area contributed by atoms with E-state index in [-0.39, 0.29) is 23.5 Å². The van der Waals surface area contributed by atoms with Crippen LogP contribution in [0.1, 0.15) is 30.1 Å². The average Bonchev–Trinajstić information content (AvgIpc) is 3.00. The highest BCUT2D eigenvalue weighted by molar-refractivity contribution is 7.91. The molecule has 1 unspecified atom stereocenters. The second-order valence-corrected chi connectivity index (χ2v) is 8.73. The molecule has 0 bridgehead atoms. The standard InChI is InChI=1S/C20H23NO4S/c1-2-12-21(17-11-13-26(23,24)15-17)20(22)16-7-6-10-19(14-16)25-18-8-4-3-5-9-18/h3-10,14,17H,2,11-13,15H2,1H3. The molecule has 0 N–H and O–H groups in total. The molecule has 1 atom stereocenters. The number of hydrogen-bond acceptors (Lipinski definition) is 4. The largest absolute Gasteiger partial charge is 0.457 e. The Balaban J connectivity index is 1.80. The summed E-state index contributed by atoms with van der Waals surface area (Å²) in [5.74, 6) is 1.34. The zero-order valence-corrected chi connectivity index (χ0v) is 15.6. The molecule has 2 aromatic rings. The van der Waals surface area contributed by atoms with E-state index < -0.39 is 9.84 Å². The number of nitrogens with zero attached hydrogens (tertiary/aromatic N) is 1. The fourth-order valence-electron chi connectivity index (χ4n) is 3.20. The third-order valence-electron chi connectivity index (χ3n) is 4.43. The zero-order valence-electron chi connectivity index (χ0n) is 14.8. The molecule has 138 valence electrons. The van der Waals surface area contributed by atoms with Crippen molar-refractivity contribution in [1.29, 1.82) is 0 Å². The number of benzene rings is 2. The summed E-state index contributed by atoms with van der Waals surface area (Å²) in [7, 11) is -3.04. The van der Waals surface area contributed by atoms with E-state index in [4.69, 9.17) is 4.74 Å². The number of rotatable bonds is 6. The Kier molecular flexibility index (Phi) is 5.61. The van der Waals surface area contributed by atoms with Crippen LogP contribution in [0.15, 0.2) is 54.6 Å². The van der Waals surface area contributed by atoms with Gasteiger partial charge >= 0.3 is 0 Å². The first-order valence-corrected chi connectivity index (χ1v) is 10.6. The van der Waals surface area contributed by atoms with Gasteiger partial charge in [0.1, 0.15) is 11.5 Å². The van der Waals surface area contributed by atoms with Crippen LogP contribution in [0.3, 0.4) is 0 Å². The van der Waals surface area contributed by atoms with Crippen LogP contribution >= 0.6 is 0 Å². The number of amides is 1. The van der Waals surface area contributed by atoms with Crippen LogP contribution in [0, 0.1) is 0 Å². The zero-order chi connectivity index (χ0) is 18.6. The molecule has 0 spiro atoms. The van der Waals surface area contributed by atoms with Gasteiger partial charge in [-0.25, -0.2) is 8.42 Å². The van der Waals surface area contributed by atoms with Crippen molar-refractivity contribution in [3.63, 3.8) is 0 Å². The minimum atomic E-state index is -3.04. The number of hydrogen-bond donors (Lipinski definition) is 0. The molecule has 0 saturated carbocycles. The topological polar surface area (TPSA) is 63.7 Å². The Morgan fingerprint density at radius 1 is 1.12 bits per heavy atom. The van der Waals surface area contributed by atoms with E-state index in [0.717, 1.165) is 6.42 Å². The summed E-state index contributed by atoms with van der Waals surface area (Å²) in [4.78, 5) is 14.7. The Morgan fingerprint density at radius 2 is 1.85 bits per heavy atom. The van der Waals surface area contributed by atoms with Gasteiger partial charge in [-0.2, -0.15) is 0 Å². The third-order valence-corrected chi connectivity index (χ3v) is 6.18. The minimum absolute atomic E-state index is 0.0545. The molecule has 1 fully saturated rings. The summed E-state index contributed by atoms with van der Waals surface area (Å²) in [6.07, 6.45) is 1.29. The van der Waals surface area contributed by atoms with Gasteiger partial charge in [0.05, 0.1) is 11.5 Å². The second-order valence-electron chi connectivity index (χ2n) is 6.50. The summed E-state index contributed by atoms with van der Waals surface area (Å²) in [5, 5.41) is 0. The predicted molar refractivity (Wildman–Crippen MR) is 101 cm³/mol. The van der Waals surface area contributed by atoms with E-state index in [1.54, 1.807) is 29.2 Å². The first-order chi connectivity index (χ1) is 12.5. The van der Waals surface area contributed by atoms with Gasteiger partial charge in [-0.3, -0.25) is 4.79 Å². The van der Waals surface area contributed by atoms with Crippen LogP contribution in [0.2, 0.25) is 0 Å². The van der Waals surface area contributed by atoms with Gasteiger partial charge in [-0.1, -0.05) is 31.2 Å². The number of carbonyl (C=O) groups excluding carboxylic acids is 1. The minimum Gasteiger partial charge on any atom is -0.457 e. The monoisotopic (exact) mass is 373 g/mol. The summed E-state index contributed by atoms with van der Waals surface area (Å²) in [6.45, 7) is 2.53. The van der Waals surface area contributed by atoms with Gasteiger partial charge in [-0.05, 0) is 43.2 Å². The van der Waals surface area contributed by atoms with E-state index in [1.165, 1.54) is 0 Å². The first kappa shape index (κ1) is 18.5. The first-order valence-electron chi connectivity index (χ1n) is 8.83. The Bertz CT molecular complexity index is 864. The lowest BCUT2D eigenvalue weighted by atomic mass is 10.1. The van der Waals surface area contributed by atoms with E-state index in [1.807, 2.05) is 37.3 Å². The molecule has 26 heavy (non-hydrogen) atoms. The molecule has 1 heterocycles. The molecular weight excluding hydrogens is 350 g/mol. The van der Waals surface area contributed by atoms with E-state index in [2.05, 4.69) is 0 Å². The number of ether oxygens (including phenoxy) is 1. The molecule has 1 amide bonds. The van der Waals surface area contributed by atoms with Crippen molar-refractivity contribution in [2.75, 3.05) is 18.1 Å². The summed E-state index contributed by atoms with van der Waals surface area (Å²) in [6, 6.07) is 16.2. The third kappa shape index (κ3) is 4.43. The summed E-state index contributed by atoms with van der Waals surface area (Å²) < 4.78 is 29.4. The molecule has 1 saturated heterocycles. The van der Waals surface area contributed by atoms with Crippen LogP contribution in [-0.2, 0) is 9.84 Å². The molecule has 0 radical (unpaired) electrons. The van der Waals surface area contributed by atoms with Crippen LogP contribution in [-0.4, -0.2) is 43.3 Å². The van der Waals surface area contributed by atoms with Crippen LogP contribution < -0.4 is 4.74 Å². The molecule has 3 rings (SSSR count). The normalized spacial score (nSPS) is 18.4. The smallest absolute Gasteiger partial charge is 0.254 e. The maximum Gasteiger partial charge on any atom is 0.254 e. The van der Waals surface area contributed by atoms with Gasteiger partial charge in [0.2, 0.25) is 0 Å². The molecule has 2 aromatic carbocycles. The number of sulfone groups is 1. The van der Waals surface area contributed by atoms with E-state index in [9.17, 15) is 13.2 Å². The fourth-order valence-corrected chi connectivity index (χ4v) is 4.93. The van der Waals surface area contributed by atoms with Crippen molar-refractivity contribution >= 4 is 15.7 Å². The molecule has 0 aliphatic carbocycles. The van der Waals surface area contributed by atoms with E-state index >= 15 is 0 Å². The Labute approximate surface area is 154 Å². The Morgan fingerprint density at radius 3 is 2.50 bits per heavy atom. The summed E-state index contributed by atoms with van der Waals surface area (Å²) in [5.41, 5.74) is 0.510. The lowest BCUT2D eigenvalue weighted by Crippen LogP contribution is -2.41. The molecule has 1 aliphatic heterocycles. The van der Waals surface area contributed by atoms with Gasteiger partial charge in [0.15, 0.2) is 9.84 Å². The highest BCUT2D eigenvalue weighted by Gasteiger charge is 2.34. The molecule has 5 nitrogen and oxygen atoms in total. The highest BCUT2D eigenvalue weighted by atomic mass is 32.2. The fraction of sp³-hybridized carbons (Fsp3) is 0.350. The van der Waals surface area contributed by atoms with Crippen molar-refractivity contribution in [2.24, 2.45) is 0 Å². The van der Waals surface area contributed by atoms with Crippen LogP contribution in [0.4, 0.5) is 0 Å². The summed E-state index contributed by atoms with van der Waals surface area (Å²) >= 11 is 0. The van der Waals surface area contributed by atoms with Crippen molar-refractivity contribution in [3.05, 3.63) is 60.2 Å². The Hall–Kier alpha value is -2.34. The molecular formula is C20H23NO4S. The van der Waals surface area contributed by atoms with Crippen molar-refractivity contribution in [2.45, 2.75) is 25.8 Å². The van der Waals surface area contributed by atoms with Crippen molar-refractivity contribution in [1.82, 2.24) is 4.90 Å². The lowest BCUT2D eigenvalue weighted by Gasteiger charge is -2.28. The molecule has 6 heteroatoms. The van der Waals surface area contributed by atoms with Crippen molar-refractivity contribution in [3.8, 4) is 11.5 Å². The van der Waals surface area contributed by atoms with Gasteiger partial charge < -0.3 is 9.64 Å².